The Hall–Kier alpha value is -2.81. The van der Waals surface area contributed by atoms with E-state index in [1.54, 1.807) is 30.3 Å². The molecule has 0 aliphatic carbocycles. The van der Waals surface area contributed by atoms with Gasteiger partial charge < -0.3 is 16.4 Å². The fraction of sp³-hybridized carbons (Fsp3) is 0.250. The second-order valence-electron chi connectivity index (χ2n) is 5.09. The van der Waals surface area contributed by atoms with Crippen LogP contribution in [0.15, 0.2) is 40.3 Å². The van der Waals surface area contributed by atoms with Crippen molar-refractivity contribution < 1.29 is 9.59 Å². The molecule has 25 heavy (non-hydrogen) atoms. The van der Waals surface area contributed by atoms with Crippen LogP contribution in [0.25, 0.3) is 0 Å². The Kier molecular flexibility index (Phi) is 6.58. The molecule has 1 aromatic heterocycles. The molecule has 0 fully saturated rings. The Labute approximate surface area is 148 Å². The van der Waals surface area contributed by atoms with Crippen LogP contribution in [0, 0.1) is 0 Å². The highest BCUT2D eigenvalue weighted by Crippen LogP contribution is 2.17. The maximum absolute atomic E-state index is 12.1. The van der Waals surface area contributed by atoms with Gasteiger partial charge in [0.25, 0.3) is 11.5 Å². The van der Waals surface area contributed by atoms with E-state index in [1.165, 1.54) is 0 Å². The van der Waals surface area contributed by atoms with Gasteiger partial charge >= 0.3 is 0 Å². The molecule has 9 heteroatoms. The van der Waals surface area contributed by atoms with Gasteiger partial charge in [-0.05, 0) is 18.6 Å². The molecular formula is C16H19N5O3S. The van der Waals surface area contributed by atoms with E-state index in [9.17, 15) is 14.4 Å². The molecule has 0 saturated carbocycles. The average Bonchev–Trinajstić information content (AvgIpc) is 2.61. The Balaban J connectivity index is 2.06. The normalized spacial score (nSPS) is 10.3. The number of aromatic nitrogens is 2. The van der Waals surface area contributed by atoms with Crippen molar-refractivity contribution in [3.63, 3.8) is 0 Å². The summed E-state index contributed by atoms with van der Waals surface area (Å²) in [5.41, 5.74) is 5.48. The standard InChI is InChI=1S/C16H19N5O3S/c1-2-8-18-11(22)9-25-16-20-13(17)12(15(24)21-16)19-14(23)10-6-4-3-5-7-10/h3-7H,2,8-9H2,1H3,(H,18,22)(H,19,23)(H3,17,20,21,24). The molecule has 0 aliphatic heterocycles. The zero-order valence-corrected chi connectivity index (χ0v) is 14.5. The fourth-order valence-electron chi connectivity index (χ4n) is 1.88. The molecule has 8 nitrogen and oxygen atoms in total. The quantitative estimate of drug-likeness (QED) is 0.433. The van der Waals surface area contributed by atoms with E-state index >= 15 is 0 Å². The molecular weight excluding hydrogens is 342 g/mol. The summed E-state index contributed by atoms with van der Waals surface area (Å²) in [6, 6.07) is 8.44. The van der Waals surface area contributed by atoms with Crippen LogP contribution in [0.5, 0.6) is 0 Å². The van der Waals surface area contributed by atoms with Crippen LogP contribution in [-0.4, -0.2) is 34.1 Å². The minimum Gasteiger partial charge on any atom is -0.382 e. The largest absolute Gasteiger partial charge is 0.382 e. The lowest BCUT2D eigenvalue weighted by Gasteiger charge is -2.08. The van der Waals surface area contributed by atoms with Crippen molar-refractivity contribution in [2.24, 2.45) is 0 Å². The molecule has 2 aromatic rings. The van der Waals surface area contributed by atoms with Crippen molar-refractivity contribution in [3.8, 4) is 0 Å². The first kappa shape index (κ1) is 18.5. The molecule has 0 bridgehead atoms. The number of nitrogens with zero attached hydrogens (tertiary/aromatic N) is 1. The van der Waals surface area contributed by atoms with Gasteiger partial charge in [0.05, 0.1) is 5.75 Å². The third kappa shape index (κ3) is 5.35. The number of anilines is 2. The minimum absolute atomic E-state index is 0.107. The van der Waals surface area contributed by atoms with E-state index in [0.717, 1.165) is 18.2 Å². The molecule has 0 saturated heterocycles. The van der Waals surface area contributed by atoms with E-state index in [0.29, 0.717) is 12.1 Å². The van der Waals surface area contributed by atoms with E-state index in [4.69, 9.17) is 5.73 Å². The number of nitrogens with one attached hydrogen (secondary N) is 3. The number of H-pyrrole nitrogens is 1. The summed E-state index contributed by atoms with van der Waals surface area (Å²) in [6.45, 7) is 2.55. The van der Waals surface area contributed by atoms with Crippen molar-refractivity contribution in [3.05, 3.63) is 46.2 Å². The lowest BCUT2D eigenvalue weighted by atomic mass is 10.2. The van der Waals surface area contributed by atoms with Gasteiger partial charge in [-0.15, -0.1) is 0 Å². The molecule has 132 valence electrons. The molecule has 5 N–H and O–H groups in total. The number of rotatable bonds is 7. The number of nitrogen functional groups attached to an aromatic ring is 1. The summed E-state index contributed by atoms with van der Waals surface area (Å²) in [5.74, 6) is -0.615. The van der Waals surface area contributed by atoms with Gasteiger partial charge in [-0.2, -0.15) is 0 Å². The van der Waals surface area contributed by atoms with E-state index in [1.807, 2.05) is 6.92 Å². The summed E-state index contributed by atoms with van der Waals surface area (Å²) in [5, 5.41) is 5.39. The van der Waals surface area contributed by atoms with Gasteiger partial charge in [0.2, 0.25) is 5.91 Å². The highest BCUT2D eigenvalue weighted by Gasteiger charge is 2.14. The number of nitrogens with two attached hydrogens (primary N) is 1. The first-order valence-electron chi connectivity index (χ1n) is 7.67. The molecule has 2 rings (SSSR count). The van der Waals surface area contributed by atoms with E-state index in [-0.39, 0.29) is 28.3 Å². The molecule has 0 aliphatic rings. The van der Waals surface area contributed by atoms with Gasteiger partial charge in [0.1, 0.15) is 5.69 Å². The second-order valence-corrected chi connectivity index (χ2v) is 6.05. The first-order chi connectivity index (χ1) is 12.0. The summed E-state index contributed by atoms with van der Waals surface area (Å²) in [7, 11) is 0. The zero-order chi connectivity index (χ0) is 18.2. The lowest BCUT2D eigenvalue weighted by Crippen LogP contribution is -2.26. The third-order valence-corrected chi connectivity index (χ3v) is 3.99. The van der Waals surface area contributed by atoms with Crippen molar-refractivity contribution in [2.75, 3.05) is 23.3 Å². The Morgan fingerprint density at radius 1 is 1.28 bits per heavy atom. The van der Waals surface area contributed by atoms with Gasteiger partial charge in [0, 0.05) is 12.1 Å². The molecule has 0 spiro atoms. The van der Waals surface area contributed by atoms with Gasteiger partial charge in [-0.3, -0.25) is 19.4 Å². The predicted molar refractivity (Wildman–Crippen MR) is 97.7 cm³/mol. The average molecular weight is 361 g/mol. The van der Waals surface area contributed by atoms with Gasteiger partial charge in [-0.25, -0.2) is 4.98 Å². The maximum atomic E-state index is 12.1. The van der Waals surface area contributed by atoms with Crippen LogP contribution in [-0.2, 0) is 4.79 Å². The number of benzene rings is 1. The van der Waals surface area contributed by atoms with Gasteiger partial charge in [-0.1, -0.05) is 36.9 Å². The number of aromatic amines is 1. The highest BCUT2D eigenvalue weighted by molar-refractivity contribution is 7.99. The number of carbonyl (C=O) groups excluding carboxylic acids is 2. The number of amides is 2. The zero-order valence-electron chi connectivity index (χ0n) is 13.7. The third-order valence-electron chi connectivity index (χ3n) is 3.11. The van der Waals surface area contributed by atoms with E-state index in [2.05, 4.69) is 20.6 Å². The first-order valence-corrected chi connectivity index (χ1v) is 8.65. The summed E-state index contributed by atoms with van der Waals surface area (Å²) >= 11 is 1.06. The van der Waals surface area contributed by atoms with Crippen molar-refractivity contribution in [1.29, 1.82) is 0 Å². The molecule has 2 amide bonds. The topological polar surface area (TPSA) is 130 Å². The Morgan fingerprint density at radius 2 is 2.00 bits per heavy atom. The molecule has 0 unspecified atom stereocenters. The van der Waals surface area contributed by atoms with Crippen LogP contribution >= 0.6 is 11.8 Å². The Bertz CT molecular complexity index is 807. The molecule has 1 aromatic carbocycles. The summed E-state index contributed by atoms with van der Waals surface area (Å²) in [6.07, 6.45) is 0.842. The number of hydrogen-bond acceptors (Lipinski definition) is 6. The number of carbonyl (C=O) groups is 2. The maximum Gasteiger partial charge on any atom is 0.277 e. The van der Waals surface area contributed by atoms with Crippen molar-refractivity contribution in [2.45, 2.75) is 18.5 Å². The van der Waals surface area contributed by atoms with Crippen LogP contribution in [0.2, 0.25) is 0 Å². The van der Waals surface area contributed by atoms with Crippen LogP contribution in [0.3, 0.4) is 0 Å². The molecule has 1 heterocycles. The number of hydrogen-bond donors (Lipinski definition) is 4. The van der Waals surface area contributed by atoms with Crippen LogP contribution < -0.4 is 21.9 Å². The highest BCUT2D eigenvalue weighted by atomic mass is 32.2. The summed E-state index contributed by atoms with van der Waals surface area (Å²) < 4.78 is 0. The minimum atomic E-state index is -0.576. The van der Waals surface area contributed by atoms with Crippen LogP contribution in [0.4, 0.5) is 11.5 Å². The lowest BCUT2D eigenvalue weighted by molar-refractivity contribution is -0.118. The smallest absolute Gasteiger partial charge is 0.277 e. The van der Waals surface area contributed by atoms with Gasteiger partial charge in [0.15, 0.2) is 11.0 Å². The monoisotopic (exact) mass is 361 g/mol. The van der Waals surface area contributed by atoms with Crippen LogP contribution in [0.1, 0.15) is 23.7 Å². The molecule has 0 atom stereocenters. The van der Waals surface area contributed by atoms with Crippen molar-refractivity contribution >= 4 is 35.1 Å². The number of thioether (sulfide) groups is 1. The molecule has 0 radical (unpaired) electrons. The van der Waals surface area contributed by atoms with Crippen molar-refractivity contribution in [1.82, 2.24) is 15.3 Å². The van der Waals surface area contributed by atoms with E-state index < -0.39 is 11.5 Å². The Morgan fingerprint density at radius 3 is 2.64 bits per heavy atom. The second kappa shape index (κ2) is 8.88. The fourth-order valence-corrected chi connectivity index (χ4v) is 2.58. The predicted octanol–water partition coefficient (Wildman–Crippen LogP) is 1.22. The summed E-state index contributed by atoms with van der Waals surface area (Å²) in [4.78, 5) is 42.4. The SMILES string of the molecule is CCCNC(=O)CSc1nc(N)c(NC(=O)c2ccccc2)c(=O)[nH]1.